The Morgan fingerprint density at radius 3 is 2.83 bits per heavy atom. The summed E-state index contributed by atoms with van der Waals surface area (Å²) in [6, 6.07) is 2.95. The Bertz CT molecular complexity index is 656. The van der Waals surface area contributed by atoms with Crippen molar-refractivity contribution in [3.63, 3.8) is 0 Å². The van der Waals surface area contributed by atoms with Crippen LogP contribution in [0.2, 0.25) is 0 Å². The number of hydrogen-bond acceptors (Lipinski definition) is 6. The number of nitrogens with zero attached hydrogens (tertiary/aromatic N) is 3. The summed E-state index contributed by atoms with van der Waals surface area (Å²) in [4.78, 5) is 25.3. The van der Waals surface area contributed by atoms with E-state index in [4.69, 9.17) is 10.00 Å². The second kappa shape index (κ2) is 7.89. The molecule has 1 amide bonds. The van der Waals surface area contributed by atoms with E-state index in [1.54, 1.807) is 39.0 Å². The van der Waals surface area contributed by atoms with Crippen LogP contribution in [-0.2, 0) is 4.74 Å². The molecule has 122 valence electrons. The van der Waals surface area contributed by atoms with E-state index in [2.05, 4.69) is 10.3 Å². The number of ether oxygens (including phenoxy) is 1. The Kier molecular flexibility index (Phi) is 6.21. The topological polar surface area (TPSA) is 118 Å². The Morgan fingerprint density at radius 2 is 2.26 bits per heavy atom. The van der Waals surface area contributed by atoms with E-state index in [0.717, 1.165) is 0 Å². The van der Waals surface area contributed by atoms with Crippen LogP contribution in [0, 0.1) is 21.4 Å². The van der Waals surface area contributed by atoms with Crippen molar-refractivity contribution in [1.82, 2.24) is 10.3 Å². The van der Waals surface area contributed by atoms with Gasteiger partial charge in [-0.3, -0.25) is 10.1 Å². The maximum Gasteiger partial charge on any atom is 0.407 e. The fraction of sp³-hybridized carbons (Fsp3) is 0.400. The van der Waals surface area contributed by atoms with Crippen LogP contribution in [0.5, 0.6) is 0 Å². The highest BCUT2D eigenvalue weighted by molar-refractivity contribution is 5.67. The van der Waals surface area contributed by atoms with Gasteiger partial charge in [0.2, 0.25) is 5.69 Å². The van der Waals surface area contributed by atoms with E-state index in [0.29, 0.717) is 18.5 Å². The van der Waals surface area contributed by atoms with Crippen LogP contribution >= 0.6 is 0 Å². The van der Waals surface area contributed by atoms with Crippen LogP contribution in [0.3, 0.4) is 0 Å². The zero-order valence-corrected chi connectivity index (χ0v) is 13.2. The van der Waals surface area contributed by atoms with Gasteiger partial charge in [0.1, 0.15) is 11.7 Å². The van der Waals surface area contributed by atoms with Crippen molar-refractivity contribution in [2.45, 2.75) is 32.8 Å². The lowest BCUT2D eigenvalue weighted by molar-refractivity contribution is -0.385. The molecular weight excluding hydrogens is 300 g/mol. The van der Waals surface area contributed by atoms with Crippen molar-refractivity contribution in [3.05, 3.63) is 39.7 Å². The molecule has 0 saturated carbocycles. The third-order valence-corrected chi connectivity index (χ3v) is 2.48. The molecule has 0 aromatic carbocycles. The summed E-state index contributed by atoms with van der Waals surface area (Å²) >= 11 is 0. The quantitative estimate of drug-likeness (QED) is 0.506. The Morgan fingerprint density at radius 1 is 1.57 bits per heavy atom. The van der Waals surface area contributed by atoms with Crippen LogP contribution < -0.4 is 5.32 Å². The van der Waals surface area contributed by atoms with Gasteiger partial charge in [0.05, 0.1) is 4.92 Å². The van der Waals surface area contributed by atoms with Gasteiger partial charge in [0.25, 0.3) is 0 Å². The molecule has 8 nitrogen and oxygen atoms in total. The summed E-state index contributed by atoms with van der Waals surface area (Å²) in [7, 11) is 0. The number of nitriles is 1. The highest BCUT2D eigenvalue weighted by atomic mass is 16.6. The van der Waals surface area contributed by atoms with E-state index in [1.807, 2.05) is 0 Å². The summed E-state index contributed by atoms with van der Waals surface area (Å²) in [5.41, 5.74) is -0.597. The van der Waals surface area contributed by atoms with E-state index in [9.17, 15) is 14.9 Å². The molecule has 1 aromatic heterocycles. The second-order valence-electron chi connectivity index (χ2n) is 5.63. The standard InChI is InChI=1S/C15H18N4O4/c1-15(2,3)23-14(20)17-7-5-4-6-11-8-13(19(21)22)12(9-16)18-10-11/h4,6,8,10H,5,7H2,1-3H3,(H,17,20). The minimum Gasteiger partial charge on any atom is -0.444 e. The predicted molar refractivity (Wildman–Crippen MR) is 83.5 cm³/mol. The smallest absolute Gasteiger partial charge is 0.407 e. The molecule has 0 unspecified atom stereocenters. The molecule has 8 heteroatoms. The lowest BCUT2D eigenvalue weighted by Crippen LogP contribution is -2.32. The van der Waals surface area contributed by atoms with E-state index in [-0.39, 0.29) is 11.4 Å². The van der Waals surface area contributed by atoms with Crippen molar-refractivity contribution in [2.24, 2.45) is 0 Å². The number of amides is 1. The molecule has 0 fully saturated rings. The predicted octanol–water partition coefficient (Wildman–Crippen LogP) is 2.79. The van der Waals surface area contributed by atoms with Crippen LogP contribution in [0.15, 0.2) is 18.3 Å². The highest BCUT2D eigenvalue weighted by Crippen LogP contribution is 2.17. The number of carbonyl (C=O) groups is 1. The van der Waals surface area contributed by atoms with Gasteiger partial charge >= 0.3 is 11.8 Å². The van der Waals surface area contributed by atoms with E-state index in [1.165, 1.54) is 12.3 Å². The first-order chi connectivity index (χ1) is 10.7. The number of alkyl carbamates (subject to hydrolysis) is 1. The van der Waals surface area contributed by atoms with Gasteiger partial charge < -0.3 is 10.1 Å². The number of rotatable bonds is 5. The number of carbonyl (C=O) groups excluding carboxylic acids is 1. The monoisotopic (exact) mass is 318 g/mol. The van der Waals surface area contributed by atoms with Crippen molar-refractivity contribution in [2.75, 3.05) is 6.54 Å². The van der Waals surface area contributed by atoms with Gasteiger partial charge in [0.15, 0.2) is 0 Å². The van der Waals surface area contributed by atoms with Crippen molar-refractivity contribution >= 4 is 17.9 Å². The van der Waals surface area contributed by atoms with Crippen molar-refractivity contribution in [1.29, 1.82) is 5.26 Å². The number of nitrogens with one attached hydrogen (secondary N) is 1. The number of aromatic nitrogens is 1. The van der Waals surface area contributed by atoms with Gasteiger partial charge in [-0.05, 0) is 32.8 Å². The first-order valence-electron chi connectivity index (χ1n) is 6.91. The molecule has 0 spiro atoms. The molecular formula is C15H18N4O4. The zero-order valence-electron chi connectivity index (χ0n) is 13.2. The van der Waals surface area contributed by atoms with Gasteiger partial charge in [-0.2, -0.15) is 5.26 Å². The van der Waals surface area contributed by atoms with Crippen LogP contribution in [-0.4, -0.2) is 28.1 Å². The molecule has 1 heterocycles. The average molecular weight is 318 g/mol. The van der Waals surface area contributed by atoms with Crippen molar-refractivity contribution in [3.8, 4) is 6.07 Å². The highest BCUT2D eigenvalue weighted by Gasteiger charge is 2.16. The third kappa shape index (κ3) is 6.56. The van der Waals surface area contributed by atoms with E-state index < -0.39 is 16.6 Å². The van der Waals surface area contributed by atoms with Gasteiger partial charge in [0, 0.05) is 18.8 Å². The van der Waals surface area contributed by atoms with Crippen LogP contribution in [0.25, 0.3) is 6.08 Å². The van der Waals surface area contributed by atoms with Crippen LogP contribution in [0.4, 0.5) is 10.5 Å². The lowest BCUT2D eigenvalue weighted by Gasteiger charge is -2.19. The fourth-order valence-electron chi connectivity index (χ4n) is 1.58. The molecule has 1 aromatic rings. The first-order valence-corrected chi connectivity index (χ1v) is 6.91. The average Bonchev–Trinajstić information content (AvgIpc) is 2.44. The minimum absolute atomic E-state index is 0.223. The molecule has 0 saturated heterocycles. The number of nitro groups is 1. The van der Waals surface area contributed by atoms with Gasteiger partial charge in [-0.1, -0.05) is 12.2 Å². The minimum atomic E-state index is -0.646. The molecule has 23 heavy (non-hydrogen) atoms. The maximum atomic E-state index is 11.4. The normalized spacial score (nSPS) is 11.0. The Hall–Kier alpha value is -2.95. The zero-order chi connectivity index (χ0) is 17.5. The maximum absolute atomic E-state index is 11.4. The second-order valence-corrected chi connectivity index (χ2v) is 5.63. The molecule has 0 aliphatic heterocycles. The number of pyridine rings is 1. The fourth-order valence-corrected chi connectivity index (χ4v) is 1.58. The lowest BCUT2D eigenvalue weighted by atomic mass is 10.2. The van der Waals surface area contributed by atoms with Crippen molar-refractivity contribution < 1.29 is 14.5 Å². The third-order valence-electron chi connectivity index (χ3n) is 2.48. The Balaban J connectivity index is 2.53. The molecule has 0 radical (unpaired) electrons. The summed E-state index contributed by atoms with van der Waals surface area (Å²) in [6.07, 6.45) is 4.78. The molecule has 1 N–H and O–H groups in total. The SMILES string of the molecule is CC(C)(C)OC(=O)NCCC=Cc1cnc(C#N)c([N+](=O)[O-])c1. The summed E-state index contributed by atoms with van der Waals surface area (Å²) in [5.74, 6) is 0. The van der Waals surface area contributed by atoms with Gasteiger partial charge in [-0.15, -0.1) is 0 Å². The molecule has 0 aliphatic rings. The molecule has 0 bridgehead atoms. The summed E-state index contributed by atoms with van der Waals surface area (Å²) in [5, 5.41) is 22.2. The van der Waals surface area contributed by atoms with Crippen LogP contribution in [0.1, 0.15) is 38.4 Å². The van der Waals surface area contributed by atoms with E-state index >= 15 is 0 Å². The molecule has 1 rings (SSSR count). The summed E-state index contributed by atoms with van der Waals surface area (Å²) < 4.78 is 5.08. The number of hydrogen-bond donors (Lipinski definition) is 1. The molecule has 0 atom stereocenters. The molecule has 0 aliphatic carbocycles. The largest absolute Gasteiger partial charge is 0.444 e. The first kappa shape index (κ1) is 18.1. The van der Waals surface area contributed by atoms with Gasteiger partial charge in [-0.25, -0.2) is 9.78 Å². The Labute approximate surface area is 133 Å². The summed E-state index contributed by atoms with van der Waals surface area (Å²) in [6.45, 7) is 5.70.